The molecule has 0 atom stereocenters. The predicted molar refractivity (Wildman–Crippen MR) is 135 cm³/mol. The molecule has 2 N–H and O–H groups in total. The highest BCUT2D eigenvalue weighted by Crippen LogP contribution is 2.24. The number of thiophene rings is 1. The fourth-order valence-corrected chi connectivity index (χ4v) is 5.05. The number of ether oxygens (including phenoxy) is 1. The monoisotopic (exact) mass is 566 g/mol. The van der Waals surface area contributed by atoms with Crippen LogP contribution in [0.15, 0.2) is 39.5 Å². The molecule has 30 heavy (non-hydrogen) atoms. The van der Waals surface area contributed by atoms with Gasteiger partial charge in [-0.3, -0.25) is 0 Å². The summed E-state index contributed by atoms with van der Waals surface area (Å²) in [6.07, 6.45) is 0.839. The second-order valence-corrected chi connectivity index (χ2v) is 10.2. The summed E-state index contributed by atoms with van der Waals surface area (Å²) < 4.78 is 31.3. The van der Waals surface area contributed by atoms with Gasteiger partial charge in [-0.2, -0.15) is 0 Å². The number of methoxy groups -OCH3 is 1. The number of aryl methyl sites for hydroxylation is 1. The van der Waals surface area contributed by atoms with Gasteiger partial charge in [-0.15, -0.1) is 35.3 Å². The summed E-state index contributed by atoms with van der Waals surface area (Å²) in [6, 6.07) is 9.66. The Labute approximate surface area is 201 Å². The van der Waals surface area contributed by atoms with Crippen LogP contribution in [-0.2, 0) is 23.0 Å². The normalized spacial score (nSPS) is 11.9. The molecule has 0 amide bonds. The molecule has 7 nitrogen and oxygen atoms in total. The van der Waals surface area contributed by atoms with E-state index < -0.39 is 10.0 Å². The smallest absolute Gasteiger partial charge is 0.252 e. The number of nitrogens with one attached hydrogen (secondary N) is 2. The van der Waals surface area contributed by atoms with Crippen LogP contribution in [0.4, 0.5) is 0 Å². The van der Waals surface area contributed by atoms with Gasteiger partial charge in [-0.1, -0.05) is 12.1 Å². The molecule has 2 aromatic rings. The molecule has 0 aliphatic rings. The number of sulfonamides is 1. The maximum Gasteiger partial charge on any atom is 0.252 e. The number of halogens is 1. The van der Waals surface area contributed by atoms with Crippen molar-refractivity contribution in [1.82, 2.24) is 14.9 Å². The van der Waals surface area contributed by atoms with Crippen LogP contribution >= 0.6 is 35.3 Å². The lowest BCUT2D eigenvalue weighted by molar-refractivity contribution is 0.411. The molecule has 0 saturated carbocycles. The Morgan fingerprint density at radius 1 is 1.20 bits per heavy atom. The third-order valence-electron chi connectivity index (χ3n) is 4.29. The van der Waals surface area contributed by atoms with Crippen molar-refractivity contribution in [3.8, 4) is 5.75 Å². The fraction of sp³-hybridized carbons (Fsp3) is 0.450. The molecule has 0 spiro atoms. The molecule has 0 radical (unpaired) electrons. The minimum absolute atomic E-state index is 0. The van der Waals surface area contributed by atoms with Crippen molar-refractivity contribution in [2.45, 2.75) is 31.0 Å². The molecule has 0 saturated heterocycles. The molecular formula is C20H31IN4O3S2. The summed E-state index contributed by atoms with van der Waals surface area (Å²) in [4.78, 5) is 5.47. The summed E-state index contributed by atoms with van der Waals surface area (Å²) >= 11 is 1.25. The summed E-state index contributed by atoms with van der Waals surface area (Å²) in [6.45, 7) is 5.92. The molecule has 0 unspecified atom stereocenters. The van der Waals surface area contributed by atoms with E-state index >= 15 is 0 Å². The SMILES string of the molecule is CCNC(=NCc1ccc(S(=O)(=O)N(C)C)s1)NCCc1ccc(C)c(OC)c1.I. The fourth-order valence-electron chi connectivity index (χ4n) is 2.61. The summed E-state index contributed by atoms with van der Waals surface area (Å²) in [5.74, 6) is 1.60. The standard InChI is InChI=1S/C20H30N4O3S2.HI/c1-6-21-20(22-12-11-16-8-7-15(2)18(13-16)27-5)23-14-17-9-10-19(28-17)29(25,26)24(3)4;/h7-10,13H,6,11-12,14H2,1-5H3,(H2,21,22,23);1H. The third kappa shape index (κ3) is 7.40. The zero-order valence-electron chi connectivity index (χ0n) is 18.1. The second kappa shape index (κ2) is 12.5. The van der Waals surface area contributed by atoms with Crippen molar-refractivity contribution < 1.29 is 13.2 Å². The Morgan fingerprint density at radius 3 is 2.57 bits per heavy atom. The molecule has 1 aromatic heterocycles. The maximum atomic E-state index is 12.2. The first-order valence-electron chi connectivity index (χ1n) is 9.44. The second-order valence-electron chi connectivity index (χ2n) is 6.68. The Kier molecular flexibility index (Phi) is 11.1. The first-order valence-corrected chi connectivity index (χ1v) is 11.7. The average Bonchev–Trinajstić information content (AvgIpc) is 3.17. The van der Waals surface area contributed by atoms with Gasteiger partial charge in [0.05, 0.1) is 13.7 Å². The van der Waals surface area contributed by atoms with Gasteiger partial charge >= 0.3 is 0 Å². The first kappa shape index (κ1) is 26.7. The topological polar surface area (TPSA) is 83.0 Å². The highest BCUT2D eigenvalue weighted by molar-refractivity contribution is 14.0. The molecular weight excluding hydrogens is 535 g/mol. The van der Waals surface area contributed by atoms with E-state index in [0.717, 1.165) is 35.7 Å². The van der Waals surface area contributed by atoms with Gasteiger partial charge in [0.15, 0.2) is 5.96 Å². The van der Waals surface area contributed by atoms with E-state index in [9.17, 15) is 8.42 Å². The van der Waals surface area contributed by atoms with Crippen LogP contribution in [0.3, 0.4) is 0 Å². The Hall–Kier alpha value is -1.37. The number of aliphatic imine (C=N–C) groups is 1. The van der Waals surface area contributed by atoms with E-state index in [1.165, 1.54) is 35.3 Å². The number of guanidine groups is 1. The molecule has 10 heteroatoms. The van der Waals surface area contributed by atoms with Crippen molar-refractivity contribution >= 4 is 51.3 Å². The molecule has 0 aliphatic heterocycles. The van der Waals surface area contributed by atoms with Crippen molar-refractivity contribution in [3.63, 3.8) is 0 Å². The average molecular weight is 567 g/mol. The summed E-state index contributed by atoms with van der Waals surface area (Å²) in [7, 11) is 1.35. The van der Waals surface area contributed by atoms with E-state index in [0.29, 0.717) is 16.7 Å². The maximum absolute atomic E-state index is 12.2. The molecule has 168 valence electrons. The van der Waals surface area contributed by atoms with Crippen LogP contribution in [0.2, 0.25) is 0 Å². The van der Waals surface area contributed by atoms with Crippen molar-refractivity contribution in [1.29, 1.82) is 0 Å². The zero-order valence-corrected chi connectivity index (χ0v) is 22.0. The van der Waals surface area contributed by atoms with Gasteiger partial charge in [0, 0.05) is 32.1 Å². The Balaban J connectivity index is 0.00000450. The van der Waals surface area contributed by atoms with Crippen LogP contribution in [0.25, 0.3) is 0 Å². The van der Waals surface area contributed by atoms with E-state index in [-0.39, 0.29) is 24.0 Å². The van der Waals surface area contributed by atoms with Crippen molar-refractivity contribution in [2.24, 2.45) is 4.99 Å². The third-order valence-corrected chi connectivity index (χ3v) is 7.64. The molecule has 2 rings (SSSR count). The van der Waals surface area contributed by atoms with Gasteiger partial charge in [-0.05, 0) is 49.6 Å². The Bertz CT molecular complexity index is 943. The molecule has 1 aromatic carbocycles. The van der Waals surface area contributed by atoms with Crippen LogP contribution in [0, 0.1) is 6.92 Å². The van der Waals surface area contributed by atoms with Crippen LogP contribution in [0.5, 0.6) is 5.75 Å². The minimum Gasteiger partial charge on any atom is -0.496 e. The zero-order chi connectivity index (χ0) is 21.4. The van der Waals surface area contributed by atoms with Crippen LogP contribution in [-0.4, -0.2) is 53.0 Å². The quantitative estimate of drug-likeness (QED) is 0.277. The summed E-state index contributed by atoms with van der Waals surface area (Å²) in [5.41, 5.74) is 2.30. The first-order chi connectivity index (χ1) is 13.8. The van der Waals surface area contributed by atoms with E-state index in [1.54, 1.807) is 13.2 Å². The number of nitrogens with zero attached hydrogens (tertiary/aromatic N) is 2. The molecule has 0 bridgehead atoms. The highest BCUT2D eigenvalue weighted by Gasteiger charge is 2.19. The van der Waals surface area contributed by atoms with E-state index in [2.05, 4.69) is 33.8 Å². The lowest BCUT2D eigenvalue weighted by Crippen LogP contribution is -2.38. The largest absolute Gasteiger partial charge is 0.496 e. The predicted octanol–water partition coefficient (Wildman–Crippen LogP) is 3.23. The molecule has 0 aliphatic carbocycles. The Morgan fingerprint density at radius 2 is 1.93 bits per heavy atom. The van der Waals surface area contributed by atoms with Gasteiger partial charge in [-0.25, -0.2) is 17.7 Å². The minimum atomic E-state index is -3.40. The highest BCUT2D eigenvalue weighted by atomic mass is 127. The van der Waals surface area contributed by atoms with Crippen molar-refractivity contribution in [3.05, 3.63) is 46.3 Å². The van der Waals surface area contributed by atoms with Crippen LogP contribution < -0.4 is 15.4 Å². The van der Waals surface area contributed by atoms with Crippen molar-refractivity contribution in [2.75, 3.05) is 34.3 Å². The van der Waals surface area contributed by atoms with E-state index in [1.807, 2.05) is 19.9 Å². The van der Waals surface area contributed by atoms with E-state index in [4.69, 9.17) is 4.74 Å². The van der Waals surface area contributed by atoms with Crippen LogP contribution in [0.1, 0.15) is 22.9 Å². The van der Waals surface area contributed by atoms with Gasteiger partial charge in [0.1, 0.15) is 9.96 Å². The number of hydrogen-bond donors (Lipinski definition) is 2. The number of rotatable bonds is 9. The number of benzene rings is 1. The lowest BCUT2D eigenvalue weighted by atomic mass is 10.1. The molecule has 0 fully saturated rings. The number of hydrogen-bond acceptors (Lipinski definition) is 5. The lowest BCUT2D eigenvalue weighted by Gasteiger charge is -2.12. The van der Waals surface area contributed by atoms with Gasteiger partial charge < -0.3 is 15.4 Å². The summed E-state index contributed by atoms with van der Waals surface area (Å²) in [5, 5.41) is 6.54. The molecule has 1 heterocycles. The van der Waals surface area contributed by atoms with Gasteiger partial charge in [0.25, 0.3) is 10.0 Å². The van der Waals surface area contributed by atoms with Gasteiger partial charge in [0.2, 0.25) is 0 Å².